The Morgan fingerprint density at radius 3 is 0.955 bits per heavy atom. The highest BCUT2D eigenvalue weighted by molar-refractivity contribution is 8.10. The van der Waals surface area contributed by atoms with Gasteiger partial charge in [0.2, 0.25) is 0 Å². The molecule has 0 spiro atoms. The number of halogens is 12. The van der Waals surface area contributed by atoms with Gasteiger partial charge in [-0.05, 0) is 0 Å². The molecular weight excluding hydrogens is 370 g/mol. The monoisotopic (exact) mass is 371 g/mol. The first-order valence-electron chi connectivity index (χ1n) is 5.18. The highest BCUT2D eigenvalue weighted by Gasteiger charge is 3.26. The molecule has 1 nitrogen and oxygen atoms in total. The van der Waals surface area contributed by atoms with Gasteiger partial charge in [-0.15, -0.1) is 11.8 Å². The maximum Gasteiger partial charge on any atom is 0.410 e. The zero-order chi connectivity index (χ0) is 17.4. The van der Waals surface area contributed by atoms with Gasteiger partial charge in [0.15, 0.2) is 20.6 Å². The summed E-state index contributed by atoms with van der Waals surface area (Å²) < 4.78 is 145. The molecule has 0 aromatic carbocycles. The molecule has 3 rings (SSSR count). The average molecular weight is 371 g/mol. The zero-order valence-corrected chi connectivity index (χ0v) is 10.3. The van der Waals surface area contributed by atoms with E-state index in [0.717, 1.165) is 0 Å². The van der Waals surface area contributed by atoms with E-state index in [2.05, 4.69) is 0 Å². The molecule has 1 saturated carbocycles. The molecule has 22 heavy (non-hydrogen) atoms. The second-order valence-electron chi connectivity index (χ2n) is 5.08. The Kier molecular flexibility index (Phi) is 2.35. The summed E-state index contributed by atoms with van der Waals surface area (Å²) in [5.74, 6) is 0. The van der Waals surface area contributed by atoms with Gasteiger partial charge in [-0.1, -0.05) is 0 Å². The maximum atomic E-state index is 12.9. The van der Waals surface area contributed by atoms with Crippen LogP contribution >= 0.6 is 11.8 Å². The molecule has 2 saturated heterocycles. The Morgan fingerprint density at radius 2 is 0.773 bits per heavy atom. The topological polar surface area (TPSA) is 21.9 Å². The third kappa shape index (κ3) is 1.05. The quantitative estimate of drug-likeness (QED) is 0.520. The van der Waals surface area contributed by atoms with Crippen molar-refractivity contribution in [2.24, 2.45) is 0 Å². The van der Waals surface area contributed by atoms with Gasteiger partial charge in [0.05, 0.1) is 0 Å². The van der Waals surface area contributed by atoms with E-state index in [9.17, 15) is 52.7 Å². The minimum Gasteiger partial charge on any atom is -0.283 e. The average Bonchev–Trinajstić information content (AvgIpc) is 2.92. The Hall–Kier alpha value is -0.530. The number of rotatable bonds is 0. The van der Waals surface area contributed by atoms with E-state index in [0.29, 0.717) is 5.32 Å². The first-order chi connectivity index (χ1) is 9.41. The number of alkyl halides is 12. The summed E-state index contributed by atoms with van der Waals surface area (Å²) in [7, 11) is 0. The van der Waals surface area contributed by atoms with Crippen LogP contribution < -0.4 is 5.32 Å². The number of hydrogen-bond donors (Lipinski definition) is 1. The molecule has 2 aliphatic heterocycles. The van der Waals surface area contributed by atoms with E-state index in [1.807, 2.05) is 0 Å². The summed E-state index contributed by atoms with van der Waals surface area (Å²) in [6.45, 7) is 0. The maximum absolute atomic E-state index is 12.9. The van der Waals surface area contributed by atoms with Crippen molar-refractivity contribution in [1.82, 2.24) is 5.32 Å². The fourth-order valence-electron chi connectivity index (χ4n) is 3.68. The van der Waals surface area contributed by atoms with Gasteiger partial charge < -0.3 is 0 Å². The minimum atomic E-state index is -6.17. The molecule has 2 heterocycles. The van der Waals surface area contributed by atoms with Crippen LogP contribution in [0.2, 0.25) is 0 Å². The lowest BCUT2D eigenvalue weighted by Crippen LogP contribution is -2.80. The molecule has 1 aliphatic carbocycles. The molecule has 4 unspecified atom stereocenters. The van der Waals surface area contributed by atoms with Gasteiger partial charge in [-0.25, -0.2) is 0 Å². The van der Waals surface area contributed by atoms with E-state index in [-0.39, 0.29) is 0 Å². The summed E-state index contributed by atoms with van der Waals surface area (Å²) >= 11 is -1.38. The zero-order valence-electron chi connectivity index (χ0n) is 9.44. The Labute approximate surface area is 116 Å². The Bertz CT molecular complexity index is 443. The van der Waals surface area contributed by atoms with Crippen LogP contribution in [0.5, 0.6) is 0 Å². The number of fused-ring (bicyclic) bond motifs is 4. The van der Waals surface area contributed by atoms with E-state index >= 15 is 0 Å². The lowest BCUT2D eigenvalue weighted by Gasteiger charge is -2.47. The van der Waals surface area contributed by atoms with Crippen molar-refractivity contribution in [3.05, 3.63) is 0 Å². The van der Waals surface area contributed by atoms with Crippen LogP contribution in [0.3, 0.4) is 0 Å². The second kappa shape index (κ2) is 3.17. The van der Waals surface area contributed by atoms with Crippen LogP contribution in [0, 0.1) is 0 Å². The molecule has 0 bridgehead atoms. The van der Waals surface area contributed by atoms with Gasteiger partial charge in [0, 0.05) is 0 Å². The van der Waals surface area contributed by atoms with Crippen LogP contribution in [-0.4, -0.2) is 45.3 Å². The van der Waals surface area contributed by atoms with Crippen molar-refractivity contribution in [3.63, 3.8) is 0 Å². The molecule has 0 radical (unpaired) electrons. The summed E-state index contributed by atoms with van der Waals surface area (Å²) in [5.41, 5.74) is -9.44. The minimum absolute atomic E-state index is 0.496. The fraction of sp³-hybridized carbons (Fsp3) is 1.00. The van der Waals surface area contributed by atoms with Crippen molar-refractivity contribution < 1.29 is 52.7 Å². The largest absolute Gasteiger partial charge is 0.410 e. The van der Waals surface area contributed by atoms with Crippen LogP contribution in [0.4, 0.5) is 52.7 Å². The SMILES string of the molecule is FC(F)(F)C12NC1(C(F)(F)F)C1(C(F)(F)F)SC21C(F)(F)F. The summed E-state index contributed by atoms with van der Waals surface area (Å²) in [6, 6.07) is 0. The summed E-state index contributed by atoms with van der Waals surface area (Å²) in [5, 5.41) is 0.496. The van der Waals surface area contributed by atoms with Gasteiger partial charge in [0.25, 0.3) is 0 Å². The van der Waals surface area contributed by atoms with E-state index < -0.39 is 57.0 Å². The first kappa shape index (κ1) is 16.3. The molecule has 3 aliphatic rings. The molecule has 0 amide bonds. The number of hydrogen-bond acceptors (Lipinski definition) is 2. The van der Waals surface area contributed by atoms with Crippen LogP contribution in [0.1, 0.15) is 0 Å². The lowest BCUT2D eigenvalue weighted by atomic mass is 9.55. The first-order valence-corrected chi connectivity index (χ1v) is 5.99. The van der Waals surface area contributed by atoms with Gasteiger partial charge in [-0.3, -0.25) is 5.32 Å². The molecular formula is C8HF12NS. The second-order valence-corrected chi connectivity index (χ2v) is 6.51. The van der Waals surface area contributed by atoms with Crippen LogP contribution in [-0.2, 0) is 0 Å². The van der Waals surface area contributed by atoms with Crippen molar-refractivity contribution in [3.8, 4) is 0 Å². The standard InChI is InChI=1S/C8HF12NS/c9-5(10,11)1-2(21-1,6(12,13)14)4(8(18,19)20)3(1,22-4)7(15,16)17/h21H. The smallest absolute Gasteiger partial charge is 0.283 e. The fourth-order valence-corrected chi connectivity index (χ4v) is 5.81. The molecule has 128 valence electrons. The van der Waals surface area contributed by atoms with Crippen molar-refractivity contribution in [2.75, 3.05) is 0 Å². The van der Waals surface area contributed by atoms with Crippen molar-refractivity contribution in [1.29, 1.82) is 0 Å². The molecule has 3 fully saturated rings. The van der Waals surface area contributed by atoms with Crippen molar-refractivity contribution >= 4 is 11.8 Å². The third-order valence-electron chi connectivity index (χ3n) is 4.34. The van der Waals surface area contributed by atoms with Gasteiger partial charge in [-0.2, -0.15) is 52.7 Å². The van der Waals surface area contributed by atoms with Crippen LogP contribution in [0.25, 0.3) is 0 Å². The Morgan fingerprint density at radius 1 is 0.500 bits per heavy atom. The number of nitrogens with one attached hydrogen (secondary N) is 1. The number of thioether (sulfide) groups is 1. The van der Waals surface area contributed by atoms with E-state index in [1.165, 1.54) is 0 Å². The Balaban J connectivity index is 2.29. The molecule has 4 atom stereocenters. The normalized spacial score (nSPS) is 47.5. The summed E-state index contributed by atoms with van der Waals surface area (Å²) in [4.78, 5) is 0. The highest BCUT2D eigenvalue weighted by Crippen LogP contribution is 3.01. The van der Waals surface area contributed by atoms with Crippen molar-refractivity contribution in [2.45, 2.75) is 45.3 Å². The highest BCUT2D eigenvalue weighted by atomic mass is 32.2. The predicted octanol–water partition coefficient (Wildman–Crippen LogP) is 3.55. The summed E-state index contributed by atoms with van der Waals surface area (Å²) in [6.07, 6.45) is -24.6. The van der Waals surface area contributed by atoms with Crippen LogP contribution in [0.15, 0.2) is 0 Å². The molecule has 1 N–H and O–H groups in total. The van der Waals surface area contributed by atoms with E-state index in [4.69, 9.17) is 0 Å². The third-order valence-corrected chi connectivity index (χ3v) is 6.44. The molecule has 14 heteroatoms. The van der Waals surface area contributed by atoms with Gasteiger partial charge in [0.1, 0.15) is 0 Å². The molecule has 0 aromatic heterocycles. The predicted molar refractivity (Wildman–Crippen MR) is 45.9 cm³/mol. The van der Waals surface area contributed by atoms with E-state index in [1.54, 1.807) is 0 Å². The lowest BCUT2D eigenvalue weighted by molar-refractivity contribution is -0.319. The molecule has 0 aromatic rings. The van der Waals surface area contributed by atoms with Gasteiger partial charge >= 0.3 is 24.7 Å².